The molecule has 0 unspecified atom stereocenters. The topological polar surface area (TPSA) is 55.8 Å². The van der Waals surface area contributed by atoms with Crippen molar-refractivity contribution >= 4 is 46.4 Å². The quantitative estimate of drug-likeness (QED) is 0.312. The molecule has 0 saturated carbocycles. The minimum atomic E-state index is -0.465. The van der Waals surface area contributed by atoms with Crippen LogP contribution in [0.15, 0.2) is 58.9 Å². The molecule has 0 bridgehead atoms. The van der Waals surface area contributed by atoms with Crippen LogP contribution in [0.3, 0.4) is 0 Å². The van der Waals surface area contributed by atoms with E-state index in [4.69, 9.17) is 44.3 Å². The first-order valence-electron chi connectivity index (χ1n) is 14.0. The van der Waals surface area contributed by atoms with Crippen LogP contribution in [0.1, 0.15) is 70.4 Å². The fraction of sp³-hybridized carbons (Fsp3) is 0.455. The van der Waals surface area contributed by atoms with Crippen LogP contribution < -0.4 is 4.74 Å². The molecule has 2 aromatic carbocycles. The molecule has 1 heterocycles. The van der Waals surface area contributed by atoms with Crippen molar-refractivity contribution in [2.45, 2.75) is 65.9 Å². The van der Waals surface area contributed by atoms with Crippen LogP contribution in [0.5, 0.6) is 5.75 Å². The molecular weight excluding hydrogens is 581 g/mol. The minimum Gasteiger partial charge on any atom is -0.487 e. The van der Waals surface area contributed by atoms with Crippen molar-refractivity contribution in [1.29, 1.82) is 0 Å². The summed E-state index contributed by atoms with van der Waals surface area (Å²) in [6, 6.07) is 10.9. The molecule has 2 aliphatic carbocycles. The van der Waals surface area contributed by atoms with Crippen LogP contribution in [-0.4, -0.2) is 36.7 Å². The number of allylic oxidation sites excluding steroid dienone is 4. The highest BCUT2D eigenvalue weighted by Gasteiger charge is 2.48. The van der Waals surface area contributed by atoms with Gasteiger partial charge in [-0.25, -0.2) is 0 Å². The van der Waals surface area contributed by atoms with E-state index in [1.807, 2.05) is 24.3 Å². The Balaban J connectivity index is 1.58. The van der Waals surface area contributed by atoms with E-state index in [2.05, 4.69) is 32.6 Å². The van der Waals surface area contributed by atoms with Crippen molar-refractivity contribution in [3.05, 3.63) is 85.1 Å². The number of ether oxygens (including phenoxy) is 2. The van der Waals surface area contributed by atoms with Gasteiger partial charge in [0.2, 0.25) is 0 Å². The zero-order valence-electron chi connectivity index (χ0n) is 24.2. The van der Waals surface area contributed by atoms with Crippen LogP contribution >= 0.6 is 34.8 Å². The summed E-state index contributed by atoms with van der Waals surface area (Å²) in [7, 11) is 1.68. The molecule has 218 valence electrons. The van der Waals surface area contributed by atoms with E-state index in [0.29, 0.717) is 58.0 Å². The highest BCUT2D eigenvalue weighted by Crippen LogP contribution is 2.54. The first-order chi connectivity index (χ1) is 19.3. The number of benzene rings is 2. The van der Waals surface area contributed by atoms with Gasteiger partial charge in [-0.1, -0.05) is 74.6 Å². The van der Waals surface area contributed by atoms with Gasteiger partial charge in [0, 0.05) is 55.0 Å². The monoisotopic (exact) mass is 615 g/mol. The molecule has 2 aromatic rings. The molecule has 0 amide bonds. The van der Waals surface area contributed by atoms with Crippen molar-refractivity contribution in [2.24, 2.45) is 10.8 Å². The second kappa shape index (κ2) is 11.4. The van der Waals surface area contributed by atoms with Gasteiger partial charge in [-0.3, -0.25) is 9.59 Å². The number of halogens is 3. The average molecular weight is 617 g/mol. The Labute approximate surface area is 257 Å². The number of nitrogens with zero attached hydrogens (tertiary/aromatic N) is 1. The fourth-order valence-corrected chi connectivity index (χ4v) is 7.00. The van der Waals surface area contributed by atoms with Gasteiger partial charge < -0.3 is 14.4 Å². The smallest absolute Gasteiger partial charge is 0.162 e. The van der Waals surface area contributed by atoms with Gasteiger partial charge in [0.15, 0.2) is 11.6 Å². The van der Waals surface area contributed by atoms with Crippen molar-refractivity contribution in [3.8, 4) is 5.75 Å². The number of Topliss-reactive ketones (excluding diaryl/α,β-unsaturated/α-hetero) is 2. The van der Waals surface area contributed by atoms with Crippen LogP contribution in [0, 0.1) is 10.8 Å². The molecule has 5 rings (SSSR count). The van der Waals surface area contributed by atoms with Crippen LogP contribution in [0.2, 0.25) is 15.1 Å². The van der Waals surface area contributed by atoms with Crippen molar-refractivity contribution in [3.63, 3.8) is 0 Å². The van der Waals surface area contributed by atoms with Crippen molar-refractivity contribution in [2.75, 3.05) is 20.3 Å². The van der Waals surface area contributed by atoms with E-state index in [-0.39, 0.29) is 29.0 Å². The molecule has 0 radical (unpaired) electrons. The Kier molecular flexibility index (Phi) is 8.39. The molecule has 0 aromatic heterocycles. The molecule has 3 aliphatic rings. The average Bonchev–Trinajstić information content (AvgIpc) is 2.87. The van der Waals surface area contributed by atoms with Gasteiger partial charge in [-0.05, 0) is 59.1 Å². The third-order valence-corrected chi connectivity index (χ3v) is 9.24. The van der Waals surface area contributed by atoms with E-state index in [9.17, 15) is 9.59 Å². The molecular formula is C33H36Cl3NO4. The fourth-order valence-electron chi connectivity index (χ4n) is 6.44. The van der Waals surface area contributed by atoms with E-state index in [0.717, 1.165) is 35.4 Å². The summed E-state index contributed by atoms with van der Waals surface area (Å²) < 4.78 is 11.5. The summed E-state index contributed by atoms with van der Waals surface area (Å²) in [6.45, 7) is 9.89. The molecule has 0 saturated heterocycles. The number of hydrogen-bond acceptors (Lipinski definition) is 5. The summed E-state index contributed by atoms with van der Waals surface area (Å²) in [5.41, 5.74) is 4.76. The van der Waals surface area contributed by atoms with E-state index in [1.54, 1.807) is 19.2 Å². The maximum absolute atomic E-state index is 13.9. The largest absolute Gasteiger partial charge is 0.487 e. The lowest BCUT2D eigenvalue weighted by atomic mass is 9.63. The third-order valence-electron chi connectivity index (χ3n) is 8.21. The minimum absolute atomic E-state index is 0.0870. The van der Waals surface area contributed by atoms with Gasteiger partial charge in [0.1, 0.15) is 12.4 Å². The first kappa shape index (κ1) is 30.2. The van der Waals surface area contributed by atoms with E-state index in [1.165, 1.54) is 0 Å². The normalized spacial score (nSPS) is 20.3. The molecule has 0 N–H and O–H groups in total. The number of rotatable bonds is 7. The van der Waals surface area contributed by atoms with Crippen LogP contribution in [0.4, 0.5) is 0 Å². The highest BCUT2D eigenvalue weighted by atomic mass is 35.5. The molecule has 8 heteroatoms. The van der Waals surface area contributed by atoms with Gasteiger partial charge >= 0.3 is 0 Å². The van der Waals surface area contributed by atoms with Crippen molar-refractivity contribution < 1.29 is 19.1 Å². The summed E-state index contributed by atoms with van der Waals surface area (Å²) in [6.07, 6.45) is 2.36. The van der Waals surface area contributed by atoms with Gasteiger partial charge in [-0.2, -0.15) is 0 Å². The Morgan fingerprint density at radius 1 is 0.805 bits per heavy atom. The molecule has 1 aliphatic heterocycles. The number of carbonyl (C=O) groups excluding carboxylic acids is 2. The first-order valence-corrected chi connectivity index (χ1v) is 15.1. The van der Waals surface area contributed by atoms with Gasteiger partial charge in [0.25, 0.3) is 0 Å². The molecule has 0 fully saturated rings. The molecule has 0 atom stereocenters. The van der Waals surface area contributed by atoms with E-state index >= 15 is 0 Å². The maximum Gasteiger partial charge on any atom is 0.162 e. The SMILES string of the molecule is COCCN1C2=C(C(=O)CC(C)(C)C2)C(c2ccc(OCc3ccc(Cl)c(Cl)c3)c(Cl)c2)C2=C1CC(C)(C)CC2=O. The summed E-state index contributed by atoms with van der Waals surface area (Å²) in [5, 5.41) is 1.36. The zero-order valence-corrected chi connectivity index (χ0v) is 26.5. The third kappa shape index (κ3) is 6.10. The molecule has 0 spiro atoms. The highest BCUT2D eigenvalue weighted by molar-refractivity contribution is 6.42. The second-order valence-corrected chi connectivity index (χ2v) is 14.1. The molecule has 5 nitrogen and oxygen atoms in total. The number of methoxy groups -OCH3 is 1. The second-order valence-electron chi connectivity index (χ2n) is 12.9. The van der Waals surface area contributed by atoms with Gasteiger partial charge in [-0.15, -0.1) is 0 Å². The van der Waals surface area contributed by atoms with Gasteiger partial charge in [0.05, 0.1) is 21.7 Å². The van der Waals surface area contributed by atoms with Crippen molar-refractivity contribution in [1.82, 2.24) is 4.90 Å². The number of ketones is 2. The Bertz CT molecular complexity index is 1420. The Hall–Kier alpha value is -2.31. The Morgan fingerprint density at radius 3 is 1.95 bits per heavy atom. The Morgan fingerprint density at radius 2 is 1.41 bits per heavy atom. The van der Waals surface area contributed by atoms with Crippen LogP contribution in [0.25, 0.3) is 0 Å². The standard InChI is InChI=1S/C33H36Cl3NO4/c1-32(2)14-24-30(26(38)16-32)29(31-25(37(24)10-11-40-5)15-33(3,4)17-27(31)39)20-7-9-28(23(36)13-20)41-18-19-6-8-21(34)22(35)12-19/h6-9,12-13,29H,10-11,14-18H2,1-5H3. The number of carbonyl (C=O) groups is 2. The summed E-state index contributed by atoms with van der Waals surface area (Å²) in [5.74, 6) is 0.218. The predicted octanol–water partition coefficient (Wildman–Crippen LogP) is 8.56. The maximum atomic E-state index is 13.9. The van der Waals surface area contributed by atoms with E-state index < -0.39 is 5.92 Å². The summed E-state index contributed by atoms with van der Waals surface area (Å²) in [4.78, 5) is 30.0. The predicted molar refractivity (Wildman–Crippen MR) is 164 cm³/mol. The lowest BCUT2D eigenvalue weighted by molar-refractivity contribution is -0.119. The van der Waals surface area contributed by atoms with Crippen LogP contribution in [-0.2, 0) is 20.9 Å². The lowest BCUT2D eigenvalue weighted by Gasteiger charge is -2.49. The zero-order chi connectivity index (χ0) is 29.7. The number of hydrogen-bond donors (Lipinski definition) is 0. The molecule has 41 heavy (non-hydrogen) atoms. The lowest BCUT2D eigenvalue weighted by Crippen LogP contribution is -2.45. The summed E-state index contributed by atoms with van der Waals surface area (Å²) >= 11 is 19.0.